The summed E-state index contributed by atoms with van der Waals surface area (Å²) in [7, 11) is -3.04. The number of nitrogens with zero attached hydrogens (tertiary/aromatic N) is 1. The zero-order chi connectivity index (χ0) is 12.2. The van der Waals surface area contributed by atoms with Crippen molar-refractivity contribution in [3.63, 3.8) is 0 Å². The first kappa shape index (κ1) is 14.3. The van der Waals surface area contributed by atoms with Gasteiger partial charge in [0.2, 0.25) is 10.0 Å². The van der Waals surface area contributed by atoms with Crippen LogP contribution in [-0.4, -0.2) is 49.8 Å². The maximum absolute atomic E-state index is 11.4. The number of hydrogen-bond donors (Lipinski definition) is 1. The Hall–Kier alpha value is 0.220. The Labute approximate surface area is 103 Å². The summed E-state index contributed by atoms with van der Waals surface area (Å²) in [6, 6.07) is 0.134. The van der Waals surface area contributed by atoms with Crippen LogP contribution >= 0.6 is 11.8 Å². The molecule has 16 heavy (non-hydrogen) atoms. The summed E-state index contributed by atoms with van der Waals surface area (Å²) in [6.45, 7) is 5.84. The first-order valence-electron chi connectivity index (χ1n) is 5.75. The molecular formula is C10H22N2O2S2. The van der Waals surface area contributed by atoms with Crippen LogP contribution in [0.25, 0.3) is 0 Å². The van der Waals surface area contributed by atoms with Gasteiger partial charge < -0.3 is 0 Å². The standard InChI is InChI=1S/C10H22N2O2S2/c1-4-16(13,14)11-10-5-7-12(8-6-10)9(2)15-3/h9-11H,4-8H2,1-3H3. The van der Waals surface area contributed by atoms with Gasteiger partial charge >= 0.3 is 0 Å². The lowest BCUT2D eigenvalue weighted by Crippen LogP contribution is -2.46. The predicted molar refractivity (Wildman–Crippen MR) is 70.2 cm³/mol. The van der Waals surface area contributed by atoms with Crippen molar-refractivity contribution in [2.75, 3.05) is 25.1 Å². The summed E-state index contributed by atoms with van der Waals surface area (Å²) in [5.74, 6) is 0.175. The predicted octanol–water partition coefficient (Wildman–Crippen LogP) is 1.10. The molecule has 0 radical (unpaired) electrons. The summed E-state index contributed by atoms with van der Waals surface area (Å²) >= 11 is 1.84. The molecule has 6 heteroatoms. The second kappa shape index (κ2) is 6.23. The third kappa shape index (κ3) is 4.24. The topological polar surface area (TPSA) is 49.4 Å². The second-order valence-electron chi connectivity index (χ2n) is 4.17. The number of likely N-dealkylation sites (tertiary alicyclic amines) is 1. The van der Waals surface area contributed by atoms with Gasteiger partial charge in [-0.2, -0.15) is 0 Å². The molecule has 0 spiro atoms. The molecule has 1 fully saturated rings. The molecule has 4 nitrogen and oxygen atoms in total. The zero-order valence-corrected chi connectivity index (χ0v) is 11.9. The molecule has 96 valence electrons. The van der Waals surface area contributed by atoms with Gasteiger partial charge in [-0.1, -0.05) is 0 Å². The molecule has 1 N–H and O–H groups in total. The lowest BCUT2D eigenvalue weighted by Gasteiger charge is -2.35. The smallest absolute Gasteiger partial charge is 0.211 e. The summed E-state index contributed by atoms with van der Waals surface area (Å²) in [5.41, 5.74) is 0. The lowest BCUT2D eigenvalue weighted by atomic mass is 10.1. The Morgan fingerprint density at radius 3 is 2.44 bits per heavy atom. The van der Waals surface area contributed by atoms with Crippen LogP contribution in [0.1, 0.15) is 26.7 Å². The van der Waals surface area contributed by atoms with Gasteiger partial charge in [-0.05, 0) is 32.9 Å². The van der Waals surface area contributed by atoms with E-state index in [2.05, 4.69) is 22.8 Å². The average molecular weight is 266 g/mol. The van der Waals surface area contributed by atoms with Gasteiger partial charge in [0, 0.05) is 19.1 Å². The van der Waals surface area contributed by atoms with Crippen LogP contribution in [0.2, 0.25) is 0 Å². The van der Waals surface area contributed by atoms with Crippen LogP contribution in [0, 0.1) is 0 Å². The van der Waals surface area contributed by atoms with Gasteiger partial charge in [0.05, 0.1) is 11.1 Å². The van der Waals surface area contributed by atoms with E-state index in [1.807, 2.05) is 11.8 Å². The minimum Gasteiger partial charge on any atom is -0.292 e. The fourth-order valence-corrected chi connectivity index (χ4v) is 3.29. The molecule has 0 amide bonds. The summed E-state index contributed by atoms with van der Waals surface area (Å²) in [4.78, 5) is 2.40. The van der Waals surface area contributed by atoms with Crippen molar-refractivity contribution in [3.05, 3.63) is 0 Å². The highest BCUT2D eigenvalue weighted by molar-refractivity contribution is 7.99. The maximum Gasteiger partial charge on any atom is 0.211 e. The van der Waals surface area contributed by atoms with Crippen LogP contribution in [-0.2, 0) is 10.0 Å². The number of rotatable bonds is 5. The molecular weight excluding hydrogens is 244 g/mol. The maximum atomic E-state index is 11.4. The third-order valence-corrected chi connectivity index (χ3v) is 5.54. The number of nitrogens with one attached hydrogen (secondary N) is 1. The number of piperidine rings is 1. The van der Waals surface area contributed by atoms with Crippen LogP contribution in [0.15, 0.2) is 0 Å². The van der Waals surface area contributed by atoms with Crippen molar-refractivity contribution in [1.82, 2.24) is 9.62 Å². The summed E-state index contributed by atoms with van der Waals surface area (Å²) in [5, 5.41) is 0.531. The van der Waals surface area contributed by atoms with Crippen molar-refractivity contribution < 1.29 is 8.42 Å². The number of thioether (sulfide) groups is 1. The molecule has 0 aromatic rings. The molecule has 0 aromatic carbocycles. The van der Waals surface area contributed by atoms with Crippen molar-refractivity contribution in [2.24, 2.45) is 0 Å². The zero-order valence-electron chi connectivity index (χ0n) is 10.3. The molecule has 1 aliphatic heterocycles. The third-order valence-electron chi connectivity index (χ3n) is 3.11. The molecule has 1 atom stereocenters. The number of sulfonamides is 1. The van der Waals surface area contributed by atoms with E-state index in [0.29, 0.717) is 5.37 Å². The van der Waals surface area contributed by atoms with Gasteiger partial charge in [0.25, 0.3) is 0 Å². The largest absolute Gasteiger partial charge is 0.292 e. The van der Waals surface area contributed by atoms with Gasteiger partial charge in [-0.15, -0.1) is 11.8 Å². The minimum atomic E-state index is -3.04. The van der Waals surface area contributed by atoms with Crippen LogP contribution in [0.4, 0.5) is 0 Å². The van der Waals surface area contributed by atoms with Gasteiger partial charge in [0.1, 0.15) is 0 Å². The van der Waals surface area contributed by atoms with Crippen molar-refractivity contribution in [3.8, 4) is 0 Å². The highest BCUT2D eigenvalue weighted by Crippen LogP contribution is 2.18. The molecule has 1 saturated heterocycles. The number of hydrogen-bond acceptors (Lipinski definition) is 4. The van der Waals surface area contributed by atoms with E-state index >= 15 is 0 Å². The van der Waals surface area contributed by atoms with Crippen molar-refractivity contribution >= 4 is 21.8 Å². The molecule has 1 rings (SSSR count). The second-order valence-corrected chi connectivity index (χ2v) is 7.36. The summed E-state index contributed by atoms with van der Waals surface area (Å²) in [6.07, 6.45) is 3.95. The molecule has 1 unspecified atom stereocenters. The van der Waals surface area contributed by atoms with Crippen LogP contribution in [0.3, 0.4) is 0 Å². The fraction of sp³-hybridized carbons (Fsp3) is 1.00. The Balaban J connectivity index is 2.38. The first-order chi connectivity index (χ1) is 7.48. The molecule has 0 aromatic heterocycles. The van der Waals surface area contributed by atoms with Gasteiger partial charge in [0.15, 0.2) is 0 Å². The van der Waals surface area contributed by atoms with Crippen LogP contribution < -0.4 is 4.72 Å². The Bertz CT molecular complexity index is 298. The quantitative estimate of drug-likeness (QED) is 0.809. The monoisotopic (exact) mass is 266 g/mol. The molecule has 0 saturated carbocycles. The highest BCUT2D eigenvalue weighted by atomic mass is 32.2. The SMILES string of the molecule is CCS(=O)(=O)NC1CCN(C(C)SC)CC1. The Morgan fingerprint density at radius 1 is 1.44 bits per heavy atom. The van der Waals surface area contributed by atoms with E-state index in [0.717, 1.165) is 25.9 Å². The van der Waals surface area contributed by atoms with Gasteiger partial charge in [-0.25, -0.2) is 13.1 Å². The summed E-state index contributed by atoms with van der Waals surface area (Å²) < 4.78 is 25.6. The van der Waals surface area contributed by atoms with E-state index < -0.39 is 10.0 Å². The molecule has 1 heterocycles. The average Bonchev–Trinajstić information content (AvgIpc) is 2.28. The van der Waals surface area contributed by atoms with Crippen molar-refractivity contribution in [2.45, 2.75) is 38.1 Å². The lowest BCUT2D eigenvalue weighted by molar-refractivity contribution is 0.201. The molecule has 0 bridgehead atoms. The molecule has 1 aliphatic rings. The Morgan fingerprint density at radius 2 is 2.00 bits per heavy atom. The minimum absolute atomic E-state index is 0.134. The first-order valence-corrected chi connectivity index (χ1v) is 8.69. The van der Waals surface area contributed by atoms with E-state index in [9.17, 15) is 8.42 Å². The fourth-order valence-electron chi connectivity index (χ4n) is 1.87. The van der Waals surface area contributed by atoms with E-state index in [1.54, 1.807) is 6.92 Å². The Kier molecular flexibility index (Phi) is 5.56. The van der Waals surface area contributed by atoms with Gasteiger partial charge in [-0.3, -0.25) is 4.90 Å². The van der Waals surface area contributed by atoms with E-state index in [-0.39, 0.29) is 11.8 Å². The van der Waals surface area contributed by atoms with Crippen molar-refractivity contribution in [1.29, 1.82) is 0 Å². The van der Waals surface area contributed by atoms with E-state index in [4.69, 9.17) is 0 Å². The molecule has 0 aliphatic carbocycles. The van der Waals surface area contributed by atoms with Crippen LogP contribution in [0.5, 0.6) is 0 Å². The normalized spacial score (nSPS) is 22.2. The van der Waals surface area contributed by atoms with E-state index in [1.165, 1.54) is 0 Å². The highest BCUT2D eigenvalue weighted by Gasteiger charge is 2.24.